The molecule has 0 unspecified atom stereocenters. The van der Waals surface area contributed by atoms with E-state index >= 15 is 0 Å². The molecule has 0 aromatic heterocycles. The fourth-order valence-corrected chi connectivity index (χ4v) is 2.02. The smallest absolute Gasteiger partial charge is 0.258 e. The van der Waals surface area contributed by atoms with Gasteiger partial charge in [-0.1, -0.05) is 6.07 Å². The molecule has 4 nitrogen and oxygen atoms in total. The van der Waals surface area contributed by atoms with Crippen molar-refractivity contribution in [3.8, 4) is 17.2 Å². The number of hydrogen-bond donors (Lipinski definition) is 0. The third kappa shape index (κ3) is 3.11. The van der Waals surface area contributed by atoms with Crippen LogP contribution in [0.5, 0.6) is 0 Å². The number of nitro benzene ring substituents is 1. The molecule has 0 heterocycles. The molecule has 2 aromatic carbocycles. The van der Waals surface area contributed by atoms with Crippen LogP contribution in [0.2, 0.25) is 0 Å². The van der Waals surface area contributed by atoms with Gasteiger partial charge in [0.1, 0.15) is 11.6 Å². The van der Waals surface area contributed by atoms with Crippen LogP contribution < -0.4 is 0 Å². The quantitative estimate of drug-likeness (QED) is 0.465. The molecule has 0 spiro atoms. The van der Waals surface area contributed by atoms with E-state index in [0.717, 1.165) is 12.1 Å². The molecule has 0 N–H and O–H groups in total. The second-order valence-electron chi connectivity index (χ2n) is 4.41. The van der Waals surface area contributed by atoms with E-state index in [1.807, 2.05) is 0 Å². The Kier molecular flexibility index (Phi) is 4.01. The van der Waals surface area contributed by atoms with Crippen LogP contribution in [-0.4, -0.2) is 4.92 Å². The lowest BCUT2D eigenvalue weighted by atomic mass is 9.97. The maximum Gasteiger partial charge on any atom is 0.417 e. The van der Waals surface area contributed by atoms with Crippen molar-refractivity contribution in [1.29, 1.82) is 5.26 Å². The Morgan fingerprint density at radius 2 is 1.78 bits per heavy atom. The Labute approximate surface area is 125 Å². The first kappa shape index (κ1) is 16.4. The SMILES string of the molecule is N#Cc1ccc(-c2c(F)cc(F)cc2[N+](=O)[O-])cc1C(F)(F)F. The zero-order valence-electron chi connectivity index (χ0n) is 11.0. The van der Waals surface area contributed by atoms with Crippen molar-refractivity contribution in [2.24, 2.45) is 0 Å². The van der Waals surface area contributed by atoms with Gasteiger partial charge in [-0.25, -0.2) is 8.78 Å². The summed E-state index contributed by atoms with van der Waals surface area (Å²) in [4.78, 5) is 9.80. The predicted octanol–water partition coefficient (Wildman–Crippen LogP) is 4.43. The van der Waals surface area contributed by atoms with Crippen molar-refractivity contribution in [3.05, 3.63) is 63.2 Å². The topological polar surface area (TPSA) is 66.9 Å². The van der Waals surface area contributed by atoms with Gasteiger partial charge in [-0.3, -0.25) is 10.1 Å². The lowest BCUT2D eigenvalue weighted by Crippen LogP contribution is -2.08. The summed E-state index contributed by atoms with van der Waals surface area (Å²) in [5, 5.41) is 19.6. The average Bonchev–Trinajstić information content (AvgIpc) is 2.44. The fourth-order valence-electron chi connectivity index (χ4n) is 2.02. The molecule has 0 amide bonds. The van der Waals surface area contributed by atoms with Crippen molar-refractivity contribution in [2.75, 3.05) is 0 Å². The first-order valence-corrected chi connectivity index (χ1v) is 5.90. The number of nitrogens with zero attached hydrogens (tertiary/aromatic N) is 2. The van der Waals surface area contributed by atoms with Crippen LogP contribution in [0.15, 0.2) is 30.3 Å². The summed E-state index contributed by atoms with van der Waals surface area (Å²) in [7, 11) is 0. The Morgan fingerprint density at radius 1 is 1.13 bits per heavy atom. The van der Waals surface area contributed by atoms with Crippen LogP contribution in [0.4, 0.5) is 27.6 Å². The highest BCUT2D eigenvalue weighted by Crippen LogP contribution is 2.38. The maximum atomic E-state index is 13.9. The minimum absolute atomic E-state index is 0.327. The molecule has 23 heavy (non-hydrogen) atoms. The molecule has 0 radical (unpaired) electrons. The minimum Gasteiger partial charge on any atom is -0.258 e. The molecule has 0 saturated carbocycles. The first-order chi connectivity index (χ1) is 10.6. The van der Waals surface area contributed by atoms with E-state index in [-0.39, 0.29) is 0 Å². The van der Waals surface area contributed by atoms with Gasteiger partial charge in [0.15, 0.2) is 0 Å². The molecule has 0 aliphatic heterocycles. The number of nitriles is 1. The molecular formula is C14H5F5N2O2. The molecule has 0 saturated heterocycles. The zero-order chi connectivity index (χ0) is 17.4. The lowest BCUT2D eigenvalue weighted by molar-refractivity contribution is -0.384. The van der Waals surface area contributed by atoms with E-state index in [1.54, 1.807) is 0 Å². The van der Waals surface area contributed by atoms with Crippen LogP contribution in [0.25, 0.3) is 11.1 Å². The predicted molar refractivity (Wildman–Crippen MR) is 68.2 cm³/mol. The van der Waals surface area contributed by atoms with E-state index in [4.69, 9.17) is 5.26 Å². The highest BCUT2D eigenvalue weighted by Gasteiger charge is 2.34. The van der Waals surface area contributed by atoms with E-state index in [0.29, 0.717) is 18.2 Å². The summed E-state index contributed by atoms with van der Waals surface area (Å²) in [6.07, 6.45) is -4.91. The number of nitro groups is 1. The summed E-state index contributed by atoms with van der Waals surface area (Å²) in [5.41, 5.74) is -4.37. The van der Waals surface area contributed by atoms with Crippen LogP contribution >= 0.6 is 0 Å². The van der Waals surface area contributed by atoms with E-state index in [9.17, 15) is 32.1 Å². The normalized spacial score (nSPS) is 11.1. The molecule has 0 aliphatic carbocycles. The summed E-state index contributed by atoms with van der Waals surface area (Å²) >= 11 is 0. The highest BCUT2D eigenvalue weighted by molar-refractivity contribution is 5.75. The van der Waals surface area contributed by atoms with Gasteiger partial charge in [-0.2, -0.15) is 18.4 Å². The third-order valence-corrected chi connectivity index (χ3v) is 2.96. The highest BCUT2D eigenvalue weighted by atomic mass is 19.4. The van der Waals surface area contributed by atoms with Crippen LogP contribution in [-0.2, 0) is 6.18 Å². The Morgan fingerprint density at radius 3 is 2.30 bits per heavy atom. The van der Waals surface area contributed by atoms with Gasteiger partial charge in [0, 0.05) is 6.07 Å². The molecule has 118 valence electrons. The van der Waals surface area contributed by atoms with Crippen molar-refractivity contribution in [2.45, 2.75) is 6.18 Å². The number of benzene rings is 2. The third-order valence-electron chi connectivity index (χ3n) is 2.96. The molecule has 9 heteroatoms. The van der Waals surface area contributed by atoms with Gasteiger partial charge in [0.05, 0.1) is 33.7 Å². The molecule has 0 fully saturated rings. The van der Waals surface area contributed by atoms with Crippen molar-refractivity contribution >= 4 is 5.69 Å². The van der Waals surface area contributed by atoms with Crippen LogP contribution in [0.3, 0.4) is 0 Å². The number of rotatable bonds is 2. The van der Waals surface area contributed by atoms with Crippen molar-refractivity contribution in [1.82, 2.24) is 0 Å². The van der Waals surface area contributed by atoms with Gasteiger partial charge in [0.25, 0.3) is 5.69 Å². The first-order valence-electron chi connectivity index (χ1n) is 5.90. The summed E-state index contributed by atoms with van der Waals surface area (Å²) in [6, 6.07) is 4.18. The zero-order valence-corrected chi connectivity index (χ0v) is 11.0. The monoisotopic (exact) mass is 328 g/mol. The molecular weight excluding hydrogens is 323 g/mol. The summed E-state index contributed by atoms with van der Waals surface area (Å²) < 4.78 is 65.7. The lowest BCUT2D eigenvalue weighted by Gasteiger charge is -2.11. The maximum absolute atomic E-state index is 13.9. The molecule has 0 bridgehead atoms. The van der Waals surface area contributed by atoms with Gasteiger partial charge >= 0.3 is 6.18 Å². The minimum atomic E-state index is -4.91. The van der Waals surface area contributed by atoms with Crippen molar-refractivity contribution < 1.29 is 26.9 Å². The standard InChI is InChI=1S/C14H5F5N2O2/c15-9-4-11(16)13(12(5-9)21(22)23)7-1-2-8(6-20)10(3-7)14(17,18)19/h1-5H. The molecule has 0 aliphatic rings. The van der Waals surface area contributed by atoms with Crippen molar-refractivity contribution in [3.63, 3.8) is 0 Å². The average molecular weight is 328 g/mol. The Bertz CT molecular complexity index is 840. The Balaban J connectivity index is 2.79. The van der Waals surface area contributed by atoms with E-state index in [2.05, 4.69) is 0 Å². The Hall–Kier alpha value is -3.02. The van der Waals surface area contributed by atoms with Gasteiger partial charge < -0.3 is 0 Å². The van der Waals surface area contributed by atoms with Gasteiger partial charge in [-0.15, -0.1) is 0 Å². The van der Waals surface area contributed by atoms with E-state index < -0.39 is 50.7 Å². The van der Waals surface area contributed by atoms with E-state index in [1.165, 1.54) is 6.07 Å². The number of halogens is 5. The van der Waals surface area contributed by atoms with Crippen LogP contribution in [0.1, 0.15) is 11.1 Å². The number of hydrogen-bond acceptors (Lipinski definition) is 3. The molecule has 0 atom stereocenters. The molecule has 2 rings (SSSR count). The summed E-state index contributed by atoms with van der Waals surface area (Å²) in [6.45, 7) is 0. The second kappa shape index (κ2) is 5.64. The fraction of sp³-hybridized carbons (Fsp3) is 0.0714. The van der Waals surface area contributed by atoms with Crippen LogP contribution in [0, 0.1) is 33.1 Å². The van der Waals surface area contributed by atoms with Gasteiger partial charge in [-0.05, 0) is 17.7 Å². The summed E-state index contributed by atoms with van der Waals surface area (Å²) in [5.74, 6) is -2.61. The second-order valence-corrected chi connectivity index (χ2v) is 4.41. The van der Waals surface area contributed by atoms with Gasteiger partial charge in [0.2, 0.25) is 0 Å². The molecule has 2 aromatic rings. The number of alkyl halides is 3. The largest absolute Gasteiger partial charge is 0.417 e.